The van der Waals surface area contributed by atoms with Crippen LogP contribution in [0.1, 0.15) is 11.1 Å². The highest BCUT2D eigenvalue weighted by Gasteiger charge is 2.04. The molecule has 2 N–H and O–H groups in total. The second kappa shape index (κ2) is 6.19. The summed E-state index contributed by atoms with van der Waals surface area (Å²) in [6.45, 7) is 1.04. The van der Waals surface area contributed by atoms with Crippen LogP contribution in [0.4, 0.5) is 0 Å². The third-order valence-corrected chi connectivity index (χ3v) is 2.68. The average Bonchev–Trinajstić information content (AvgIpc) is 2.41. The second-order valence-electron chi connectivity index (χ2n) is 3.98. The quantitative estimate of drug-likeness (QED) is 0.877. The summed E-state index contributed by atoms with van der Waals surface area (Å²) in [4.78, 5) is 0. The van der Waals surface area contributed by atoms with Crippen molar-refractivity contribution in [2.45, 2.75) is 13.2 Å². The lowest BCUT2D eigenvalue weighted by Gasteiger charge is -2.11. The molecule has 94 valence electrons. The van der Waals surface area contributed by atoms with Gasteiger partial charge in [-0.15, -0.1) is 0 Å². The smallest absolute Gasteiger partial charge is 0.127 e. The van der Waals surface area contributed by atoms with Gasteiger partial charge in [0.25, 0.3) is 0 Å². The molecule has 0 saturated carbocycles. The monoisotopic (exact) mass is 243 g/mol. The summed E-state index contributed by atoms with van der Waals surface area (Å²) in [7, 11) is 1.67. The standard InChI is InChI=1S/C15H17NO2/c1-17-11-13-9-15(8-7-12(13)10-16)18-14-5-3-2-4-6-14/h2-9H,10-11,16H2,1H3. The molecule has 2 aromatic carbocycles. The van der Waals surface area contributed by atoms with E-state index in [4.69, 9.17) is 15.2 Å². The molecule has 0 aliphatic carbocycles. The van der Waals surface area contributed by atoms with Crippen LogP contribution in [-0.4, -0.2) is 7.11 Å². The second-order valence-corrected chi connectivity index (χ2v) is 3.98. The van der Waals surface area contributed by atoms with Crippen LogP contribution in [0.25, 0.3) is 0 Å². The van der Waals surface area contributed by atoms with Crippen LogP contribution in [0.15, 0.2) is 48.5 Å². The van der Waals surface area contributed by atoms with Crippen molar-refractivity contribution in [2.75, 3.05) is 7.11 Å². The molecule has 0 atom stereocenters. The van der Waals surface area contributed by atoms with Crippen molar-refractivity contribution in [3.8, 4) is 11.5 Å². The predicted octanol–water partition coefficient (Wildman–Crippen LogP) is 3.08. The number of ether oxygens (including phenoxy) is 2. The van der Waals surface area contributed by atoms with E-state index in [1.54, 1.807) is 7.11 Å². The Labute approximate surface area is 107 Å². The summed E-state index contributed by atoms with van der Waals surface area (Å²) in [6.07, 6.45) is 0. The predicted molar refractivity (Wildman–Crippen MR) is 71.6 cm³/mol. The molecule has 0 aliphatic rings. The van der Waals surface area contributed by atoms with Crippen LogP contribution in [0.2, 0.25) is 0 Å². The van der Waals surface area contributed by atoms with Gasteiger partial charge in [-0.1, -0.05) is 24.3 Å². The average molecular weight is 243 g/mol. The fourth-order valence-corrected chi connectivity index (χ4v) is 1.78. The Morgan fingerprint density at radius 3 is 2.39 bits per heavy atom. The first-order valence-corrected chi connectivity index (χ1v) is 5.87. The van der Waals surface area contributed by atoms with E-state index in [0.717, 1.165) is 22.6 Å². The van der Waals surface area contributed by atoms with Crippen molar-refractivity contribution < 1.29 is 9.47 Å². The highest BCUT2D eigenvalue weighted by Crippen LogP contribution is 2.24. The van der Waals surface area contributed by atoms with E-state index in [-0.39, 0.29) is 0 Å². The van der Waals surface area contributed by atoms with Gasteiger partial charge in [0.2, 0.25) is 0 Å². The normalized spacial score (nSPS) is 10.3. The Bertz CT molecular complexity index is 497. The molecule has 2 aromatic rings. The van der Waals surface area contributed by atoms with Crippen LogP contribution >= 0.6 is 0 Å². The van der Waals surface area contributed by atoms with Crippen LogP contribution in [0.5, 0.6) is 11.5 Å². The maximum Gasteiger partial charge on any atom is 0.127 e. The van der Waals surface area contributed by atoms with Gasteiger partial charge < -0.3 is 15.2 Å². The number of hydrogen-bond acceptors (Lipinski definition) is 3. The number of para-hydroxylation sites is 1. The molecule has 0 fully saturated rings. The molecular weight excluding hydrogens is 226 g/mol. The molecular formula is C15H17NO2. The minimum Gasteiger partial charge on any atom is -0.457 e. The van der Waals surface area contributed by atoms with Gasteiger partial charge in [0.15, 0.2) is 0 Å². The molecule has 0 aliphatic heterocycles. The summed E-state index contributed by atoms with van der Waals surface area (Å²) < 4.78 is 10.9. The van der Waals surface area contributed by atoms with E-state index in [9.17, 15) is 0 Å². The lowest BCUT2D eigenvalue weighted by molar-refractivity contribution is 0.184. The Hall–Kier alpha value is -1.84. The largest absolute Gasteiger partial charge is 0.457 e. The Morgan fingerprint density at radius 1 is 0.944 bits per heavy atom. The number of benzene rings is 2. The third kappa shape index (κ3) is 3.09. The lowest BCUT2D eigenvalue weighted by Crippen LogP contribution is -2.02. The fraction of sp³-hybridized carbons (Fsp3) is 0.200. The SMILES string of the molecule is COCc1cc(Oc2ccccc2)ccc1CN. The van der Waals surface area contributed by atoms with Crippen molar-refractivity contribution in [1.82, 2.24) is 0 Å². The van der Waals surface area contributed by atoms with E-state index in [2.05, 4.69) is 0 Å². The van der Waals surface area contributed by atoms with Crippen molar-refractivity contribution in [2.24, 2.45) is 5.73 Å². The van der Waals surface area contributed by atoms with Gasteiger partial charge in [0, 0.05) is 13.7 Å². The zero-order valence-corrected chi connectivity index (χ0v) is 10.4. The Morgan fingerprint density at radius 2 is 1.72 bits per heavy atom. The van der Waals surface area contributed by atoms with E-state index in [1.165, 1.54) is 0 Å². The summed E-state index contributed by atoms with van der Waals surface area (Å²) in [5.41, 5.74) is 7.83. The van der Waals surface area contributed by atoms with E-state index < -0.39 is 0 Å². The first-order valence-electron chi connectivity index (χ1n) is 5.87. The van der Waals surface area contributed by atoms with Gasteiger partial charge >= 0.3 is 0 Å². The zero-order valence-electron chi connectivity index (χ0n) is 10.4. The van der Waals surface area contributed by atoms with Crippen molar-refractivity contribution in [1.29, 1.82) is 0 Å². The molecule has 0 bridgehead atoms. The number of nitrogens with two attached hydrogens (primary N) is 1. The summed E-state index contributed by atoms with van der Waals surface area (Å²) in [6, 6.07) is 15.6. The topological polar surface area (TPSA) is 44.5 Å². The Kier molecular flexibility index (Phi) is 4.34. The van der Waals surface area contributed by atoms with Crippen molar-refractivity contribution >= 4 is 0 Å². The highest BCUT2D eigenvalue weighted by molar-refractivity contribution is 5.38. The van der Waals surface area contributed by atoms with E-state index in [1.807, 2.05) is 48.5 Å². The van der Waals surface area contributed by atoms with Crippen LogP contribution < -0.4 is 10.5 Å². The van der Waals surface area contributed by atoms with Gasteiger partial charge in [-0.05, 0) is 35.4 Å². The van der Waals surface area contributed by atoms with Gasteiger partial charge in [0.1, 0.15) is 11.5 Å². The van der Waals surface area contributed by atoms with Crippen molar-refractivity contribution in [3.05, 3.63) is 59.7 Å². The van der Waals surface area contributed by atoms with Crippen molar-refractivity contribution in [3.63, 3.8) is 0 Å². The van der Waals surface area contributed by atoms with Gasteiger partial charge in [-0.3, -0.25) is 0 Å². The molecule has 3 heteroatoms. The summed E-state index contributed by atoms with van der Waals surface area (Å²) >= 11 is 0. The molecule has 18 heavy (non-hydrogen) atoms. The molecule has 3 nitrogen and oxygen atoms in total. The summed E-state index contributed by atoms with van der Waals surface area (Å²) in [5.74, 6) is 1.62. The summed E-state index contributed by atoms with van der Waals surface area (Å²) in [5, 5.41) is 0. The highest BCUT2D eigenvalue weighted by atomic mass is 16.5. The van der Waals surface area contributed by atoms with E-state index in [0.29, 0.717) is 13.2 Å². The van der Waals surface area contributed by atoms with Crippen LogP contribution in [-0.2, 0) is 17.9 Å². The molecule has 0 spiro atoms. The third-order valence-electron chi connectivity index (χ3n) is 2.68. The molecule has 0 saturated heterocycles. The maximum absolute atomic E-state index is 5.77. The minimum absolute atomic E-state index is 0.504. The zero-order chi connectivity index (χ0) is 12.8. The van der Waals surface area contributed by atoms with Gasteiger partial charge in [-0.25, -0.2) is 0 Å². The number of rotatable bonds is 5. The first-order chi connectivity index (χ1) is 8.83. The number of methoxy groups -OCH3 is 1. The molecule has 2 rings (SSSR count). The minimum atomic E-state index is 0.504. The van der Waals surface area contributed by atoms with Crippen LogP contribution in [0.3, 0.4) is 0 Å². The van der Waals surface area contributed by atoms with Gasteiger partial charge in [-0.2, -0.15) is 0 Å². The maximum atomic E-state index is 5.77. The van der Waals surface area contributed by atoms with Gasteiger partial charge in [0.05, 0.1) is 6.61 Å². The first kappa shape index (κ1) is 12.6. The van der Waals surface area contributed by atoms with Crippen LogP contribution in [0, 0.1) is 0 Å². The number of hydrogen-bond donors (Lipinski definition) is 1. The molecule has 0 unspecified atom stereocenters. The molecule has 0 radical (unpaired) electrons. The molecule has 0 aromatic heterocycles. The lowest BCUT2D eigenvalue weighted by atomic mass is 10.1. The Balaban J connectivity index is 2.21. The van der Waals surface area contributed by atoms with E-state index >= 15 is 0 Å². The molecule has 0 heterocycles. The fourth-order valence-electron chi connectivity index (χ4n) is 1.78. The molecule has 0 amide bonds.